The smallest absolute Gasteiger partial charge is 0.250 e. The van der Waals surface area contributed by atoms with Crippen LogP contribution in [0, 0.1) is 5.92 Å². The predicted octanol–water partition coefficient (Wildman–Crippen LogP) is -1.46. The van der Waals surface area contributed by atoms with Crippen LogP contribution in [-0.4, -0.2) is 53.6 Å². The van der Waals surface area contributed by atoms with Gasteiger partial charge in [-0.3, -0.25) is 9.59 Å². The Morgan fingerprint density at radius 3 is 2.93 bits per heavy atom. The number of carboxylic acids is 1. The summed E-state index contributed by atoms with van der Waals surface area (Å²) in [5, 5.41) is 11.3. The summed E-state index contributed by atoms with van der Waals surface area (Å²) in [4.78, 5) is 38.7. The van der Waals surface area contributed by atoms with E-state index < -0.39 is 12.0 Å². The first-order valence-electron chi connectivity index (χ1n) is 10.2. The molecule has 4 heterocycles. The normalized spacial score (nSPS) is 29.5. The topological polar surface area (TPSA) is 86.9 Å². The molecule has 1 N–H and O–H groups in total. The van der Waals surface area contributed by atoms with Gasteiger partial charge in [0.1, 0.15) is 0 Å². The molecule has 4 rings (SSSR count). The molecule has 0 radical (unpaired) electrons. The first-order chi connectivity index (χ1) is 13.5. The lowest BCUT2D eigenvalue weighted by molar-refractivity contribution is -0.905. The molecule has 1 aromatic rings. The van der Waals surface area contributed by atoms with E-state index in [0.717, 1.165) is 51.1 Å². The minimum atomic E-state index is -1.16. The molecule has 0 aliphatic carbocycles. The second-order valence-corrected chi connectivity index (χ2v) is 8.33. The molecule has 0 spiro atoms. The maximum absolute atomic E-state index is 12.5. The number of quaternary nitrogens is 1. The maximum atomic E-state index is 12.5. The summed E-state index contributed by atoms with van der Waals surface area (Å²) in [5.41, 5.74) is 1.22. The molecular formula is C21H27N3O4. The standard InChI is InChI=1S/C21H27N3O4/c25-19(23-10-2-1-5-18(23)21(27)28)8-4-9-22-12-15-11-16(14-22)17-6-3-7-20(26)24(17)13-15/h3-4,6-8,15-16,18H,1-2,5,9-14H2,(H,27,28)/b8-4+/t15-,16+,18-/m0/s1. The Balaban J connectivity index is 1.38. The van der Waals surface area contributed by atoms with Crippen LogP contribution in [0.15, 0.2) is 35.1 Å². The fraction of sp³-hybridized carbons (Fsp3) is 0.571. The Hall–Kier alpha value is -2.41. The average molecular weight is 385 g/mol. The number of likely N-dealkylation sites (tertiary alicyclic amines) is 2. The number of nitrogens with one attached hydrogen (secondary N) is 1. The lowest BCUT2D eigenvalue weighted by Gasteiger charge is -2.40. The van der Waals surface area contributed by atoms with Gasteiger partial charge in [0.25, 0.3) is 5.56 Å². The number of aromatic nitrogens is 1. The Labute approximate surface area is 164 Å². The largest absolute Gasteiger partial charge is 0.548 e. The molecule has 150 valence electrons. The number of pyridine rings is 1. The summed E-state index contributed by atoms with van der Waals surface area (Å²) < 4.78 is 1.92. The van der Waals surface area contributed by atoms with E-state index in [1.165, 1.54) is 15.9 Å². The number of hydrogen-bond acceptors (Lipinski definition) is 4. The number of carboxylic acid groups (broad SMARTS) is 1. The van der Waals surface area contributed by atoms with Gasteiger partial charge in [-0.15, -0.1) is 0 Å². The van der Waals surface area contributed by atoms with Crippen molar-refractivity contribution < 1.29 is 19.6 Å². The number of piperidine rings is 2. The molecule has 2 fully saturated rings. The summed E-state index contributed by atoms with van der Waals surface area (Å²) >= 11 is 0. The van der Waals surface area contributed by atoms with Crippen molar-refractivity contribution in [3.8, 4) is 0 Å². The molecule has 1 unspecified atom stereocenters. The highest BCUT2D eigenvalue weighted by molar-refractivity contribution is 5.91. The molecular weight excluding hydrogens is 358 g/mol. The second-order valence-electron chi connectivity index (χ2n) is 8.33. The molecule has 28 heavy (non-hydrogen) atoms. The van der Waals surface area contributed by atoms with E-state index in [0.29, 0.717) is 24.8 Å². The van der Waals surface area contributed by atoms with Crippen molar-refractivity contribution in [2.24, 2.45) is 5.92 Å². The van der Waals surface area contributed by atoms with Crippen molar-refractivity contribution in [3.63, 3.8) is 0 Å². The zero-order chi connectivity index (χ0) is 19.7. The zero-order valence-electron chi connectivity index (χ0n) is 16.0. The fourth-order valence-corrected chi connectivity index (χ4v) is 5.15. The number of aliphatic carboxylic acids is 1. The van der Waals surface area contributed by atoms with E-state index in [1.807, 2.05) is 16.7 Å². The Bertz CT molecular complexity index is 846. The lowest BCUT2D eigenvalue weighted by atomic mass is 9.83. The van der Waals surface area contributed by atoms with Crippen molar-refractivity contribution in [2.75, 3.05) is 26.2 Å². The molecule has 3 aliphatic heterocycles. The third kappa shape index (κ3) is 3.76. The van der Waals surface area contributed by atoms with E-state index in [4.69, 9.17) is 0 Å². The monoisotopic (exact) mass is 385 g/mol. The van der Waals surface area contributed by atoms with Crippen LogP contribution in [0.4, 0.5) is 0 Å². The van der Waals surface area contributed by atoms with Gasteiger partial charge in [0.2, 0.25) is 5.91 Å². The molecule has 2 saturated heterocycles. The van der Waals surface area contributed by atoms with Gasteiger partial charge >= 0.3 is 0 Å². The van der Waals surface area contributed by atoms with E-state index >= 15 is 0 Å². The highest BCUT2D eigenvalue weighted by Crippen LogP contribution is 2.29. The second kappa shape index (κ2) is 7.91. The van der Waals surface area contributed by atoms with Crippen LogP contribution < -0.4 is 15.6 Å². The molecule has 0 saturated carbocycles. The molecule has 3 aliphatic rings. The third-order valence-electron chi connectivity index (χ3n) is 6.40. The van der Waals surface area contributed by atoms with Crippen LogP contribution in [0.2, 0.25) is 0 Å². The fourth-order valence-electron chi connectivity index (χ4n) is 5.15. The first-order valence-corrected chi connectivity index (χ1v) is 10.2. The van der Waals surface area contributed by atoms with E-state index in [-0.39, 0.29) is 11.5 Å². The van der Waals surface area contributed by atoms with Crippen LogP contribution in [0.3, 0.4) is 0 Å². The number of rotatable bonds is 4. The third-order valence-corrected chi connectivity index (χ3v) is 6.40. The summed E-state index contributed by atoms with van der Waals surface area (Å²) in [6, 6.07) is 4.72. The van der Waals surface area contributed by atoms with Gasteiger partial charge in [-0.25, -0.2) is 0 Å². The minimum absolute atomic E-state index is 0.0881. The minimum Gasteiger partial charge on any atom is -0.548 e. The maximum Gasteiger partial charge on any atom is 0.250 e. The summed E-state index contributed by atoms with van der Waals surface area (Å²) in [6.45, 7) is 3.93. The van der Waals surface area contributed by atoms with Gasteiger partial charge in [-0.1, -0.05) is 6.07 Å². The van der Waals surface area contributed by atoms with Gasteiger partial charge in [-0.2, -0.15) is 0 Å². The van der Waals surface area contributed by atoms with Crippen LogP contribution in [0.5, 0.6) is 0 Å². The number of amides is 1. The number of hydrogen-bond donors (Lipinski definition) is 1. The number of carbonyl (C=O) groups is 2. The van der Waals surface area contributed by atoms with Crippen molar-refractivity contribution >= 4 is 11.9 Å². The molecule has 2 bridgehead atoms. The lowest BCUT2D eigenvalue weighted by Crippen LogP contribution is -3.14. The number of fused-ring (bicyclic) bond motifs is 4. The summed E-state index contributed by atoms with van der Waals surface area (Å²) in [6.07, 6.45) is 6.65. The molecule has 7 heteroatoms. The number of carbonyl (C=O) groups excluding carboxylic acids is 2. The van der Waals surface area contributed by atoms with Gasteiger partial charge in [0.15, 0.2) is 0 Å². The van der Waals surface area contributed by atoms with E-state index in [1.54, 1.807) is 6.07 Å². The van der Waals surface area contributed by atoms with Crippen LogP contribution in [0.25, 0.3) is 0 Å². The van der Waals surface area contributed by atoms with Crippen molar-refractivity contribution in [1.82, 2.24) is 9.47 Å². The molecule has 1 aromatic heterocycles. The van der Waals surface area contributed by atoms with E-state index in [9.17, 15) is 19.5 Å². The van der Waals surface area contributed by atoms with Crippen molar-refractivity contribution in [3.05, 3.63) is 46.4 Å². The van der Waals surface area contributed by atoms with Crippen LogP contribution >= 0.6 is 0 Å². The van der Waals surface area contributed by atoms with Crippen LogP contribution in [-0.2, 0) is 16.1 Å². The Kier molecular flexibility index (Phi) is 5.35. The van der Waals surface area contributed by atoms with Crippen molar-refractivity contribution in [2.45, 2.75) is 44.2 Å². The van der Waals surface area contributed by atoms with Gasteiger partial charge in [0, 0.05) is 42.8 Å². The quantitative estimate of drug-likeness (QED) is 0.642. The highest BCUT2D eigenvalue weighted by Gasteiger charge is 2.36. The van der Waals surface area contributed by atoms with E-state index in [2.05, 4.69) is 6.07 Å². The summed E-state index contributed by atoms with van der Waals surface area (Å²) in [7, 11) is 0. The van der Waals surface area contributed by atoms with Gasteiger partial charge in [0.05, 0.1) is 31.6 Å². The van der Waals surface area contributed by atoms with Crippen molar-refractivity contribution in [1.29, 1.82) is 0 Å². The molecule has 4 atom stereocenters. The Morgan fingerprint density at radius 2 is 2.11 bits per heavy atom. The molecule has 7 nitrogen and oxygen atoms in total. The first kappa shape index (κ1) is 18.9. The summed E-state index contributed by atoms with van der Waals surface area (Å²) in [5.74, 6) is -0.535. The number of nitrogens with zero attached hydrogens (tertiary/aromatic N) is 2. The van der Waals surface area contributed by atoms with Crippen LogP contribution in [0.1, 0.15) is 37.3 Å². The van der Waals surface area contributed by atoms with Gasteiger partial charge in [-0.05, 0) is 37.8 Å². The average Bonchev–Trinajstić information content (AvgIpc) is 2.68. The molecule has 1 amide bonds. The molecule has 0 aromatic carbocycles. The predicted molar refractivity (Wildman–Crippen MR) is 101 cm³/mol. The zero-order valence-corrected chi connectivity index (χ0v) is 16.0. The Morgan fingerprint density at radius 1 is 1.25 bits per heavy atom. The SMILES string of the molecule is O=C([O-])[C@@H]1CCCCN1C(=O)/C=C/C[NH+]1C[C@@H]2C[C@H](C1)c1cccc(=O)n1C2. The van der Waals surface area contributed by atoms with Gasteiger partial charge < -0.3 is 24.3 Å². The highest BCUT2D eigenvalue weighted by atomic mass is 16.4.